The van der Waals surface area contributed by atoms with Crippen molar-refractivity contribution in [3.05, 3.63) is 53.9 Å². The second-order valence-electron chi connectivity index (χ2n) is 7.21. The van der Waals surface area contributed by atoms with Crippen LogP contribution in [-0.2, 0) is 21.3 Å². The van der Waals surface area contributed by atoms with Crippen molar-refractivity contribution in [2.24, 2.45) is 18.9 Å². The Kier molecular flexibility index (Phi) is 4.02. The van der Waals surface area contributed by atoms with Crippen molar-refractivity contribution < 1.29 is 14.3 Å². The first-order valence-electron chi connectivity index (χ1n) is 8.93. The van der Waals surface area contributed by atoms with Gasteiger partial charge < -0.3 is 18.9 Å². The number of methoxy groups -OCH3 is 1. The number of rotatable bonds is 2. The quantitative estimate of drug-likeness (QED) is 0.779. The Morgan fingerprint density at radius 2 is 2.04 bits per heavy atom. The molecule has 0 radical (unpaired) electrons. The van der Waals surface area contributed by atoms with Crippen molar-refractivity contribution in [2.45, 2.75) is 13.0 Å². The van der Waals surface area contributed by atoms with Crippen molar-refractivity contribution in [3.8, 4) is 0 Å². The number of nitrogens with zero attached hydrogens (tertiary/aromatic N) is 2. The molecule has 1 aromatic carbocycles. The van der Waals surface area contributed by atoms with Crippen LogP contribution in [0.25, 0.3) is 16.7 Å². The number of carbonyl (C=O) groups excluding carboxylic acids is 1. The second-order valence-corrected chi connectivity index (χ2v) is 7.21. The number of aromatic nitrogens is 1. The Hall–Kier alpha value is -2.69. The average molecular weight is 352 g/mol. The second kappa shape index (κ2) is 6.24. The van der Waals surface area contributed by atoms with E-state index in [-0.39, 0.29) is 23.9 Å². The topological polar surface area (TPSA) is 43.7 Å². The Morgan fingerprint density at radius 1 is 1.27 bits per heavy atom. The number of carbonyl (C=O) groups is 1. The van der Waals surface area contributed by atoms with Gasteiger partial charge in [-0.25, -0.2) is 4.79 Å². The number of hydrogen-bond acceptors (Lipinski definition) is 4. The van der Waals surface area contributed by atoms with Gasteiger partial charge in [-0.3, -0.25) is 0 Å². The summed E-state index contributed by atoms with van der Waals surface area (Å²) >= 11 is 0. The summed E-state index contributed by atoms with van der Waals surface area (Å²) in [6.07, 6.45) is 4.00. The van der Waals surface area contributed by atoms with Crippen LogP contribution in [-0.4, -0.2) is 42.2 Å². The fourth-order valence-electron chi connectivity index (χ4n) is 4.17. The van der Waals surface area contributed by atoms with E-state index in [1.165, 1.54) is 12.5 Å². The molecule has 5 heteroatoms. The molecule has 0 fully saturated rings. The molecule has 0 N–H and O–H groups in total. The summed E-state index contributed by atoms with van der Waals surface area (Å²) in [6, 6.07) is 10.4. The normalized spacial score (nSPS) is 25.2. The predicted octanol–water partition coefficient (Wildman–Crippen LogP) is 3.17. The minimum Gasteiger partial charge on any atom is -0.488 e. The number of para-hydroxylation sites is 1. The van der Waals surface area contributed by atoms with E-state index >= 15 is 0 Å². The van der Waals surface area contributed by atoms with E-state index in [2.05, 4.69) is 35.8 Å². The Balaban J connectivity index is 1.81. The lowest BCUT2D eigenvalue weighted by molar-refractivity contribution is -0.137. The van der Waals surface area contributed by atoms with Crippen molar-refractivity contribution in [2.75, 3.05) is 20.7 Å². The molecule has 1 aromatic heterocycles. The summed E-state index contributed by atoms with van der Waals surface area (Å²) in [5, 5.41) is 1.18. The van der Waals surface area contributed by atoms with Gasteiger partial charge in [-0.1, -0.05) is 18.2 Å². The molecule has 1 unspecified atom stereocenters. The van der Waals surface area contributed by atoms with Gasteiger partial charge in [-0.15, -0.1) is 0 Å². The summed E-state index contributed by atoms with van der Waals surface area (Å²) < 4.78 is 13.5. The summed E-state index contributed by atoms with van der Waals surface area (Å²) in [5.74, 6) is 0.776. The van der Waals surface area contributed by atoms with Crippen LogP contribution in [0.15, 0.2) is 48.2 Å². The average Bonchev–Trinajstić information content (AvgIpc) is 2.98. The van der Waals surface area contributed by atoms with Crippen LogP contribution in [0.3, 0.4) is 0 Å². The zero-order chi connectivity index (χ0) is 18.4. The highest BCUT2D eigenvalue weighted by Gasteiger charge is 2.40. The van der Waals surface area contributed by atoms with Gasteiger partial charge in [0, 0.05) is 49.6 Å². The molecule has 0 saturated heterocycles. The lowest BCUT2D eigenvalue weighted by atomic mass is 9.78. The number of benzene rings is 1. The molecule has 26 heavy (non-hydrogen) atoms. The van der Waals surface area contributed by atoms with Crippen molar-refractivity contribution >= 4 is 22.6 Å². The molecule has 2 aromatic rings. The van der Waals surface area contributed by atoms with Gasteiger partial charge >= 0.3 is 5.97 Å². The van der Waals surface area contributed by atoms with Gasteiger partial charge in [0.1, 0.15) is 11.9 Å². The standard InChI is InChI=1S/C21H24N2O3/c1-13-16-11-22(2)12-17(21(24)25-4)15(16)10-20(26-13)19-9-14-7-5-6-8-18(14)23(19)3/h5-10,12-13,15-16H,11H2,1-4H3/t13?,15-,16+/m0/s1. The van der Waals surface area contributed by atoms with Crippen LogP contribution in [0.1, 0.15) is 12.6 Å². The first-order chi connectivity index (χ1) is 12.5. The maximum Gasteiger partial charge on any atom is 0.335 e. The first kappa shape index (κ1) is 16.8. The zero-order valence-corrected chi connectivity index (χ0v) is 15.6. The molecule has 0 bridgehead atoms. The maximum absolute atomic E-state index is 12.3. The Labute approximate surface area is 153 Å². The van der Waals surface area contributed by atoms with E-state index in [1.54, 1.807) is 0 Å². The summed E-state index contributed by atoms with van der Waals surface area (Å²) in [4.78, 5) is 14.4. The lowest BCUT2D eigenvalue weighted by Gasteiger charge is -2.41. The van der Waals surface area contributed by atoms with Gasteiger partial charge in [-0.05, 0) is 25.1 Å². The van der Waals surface area contributed by atoms with Gasteiger partial charge in [0.2, 0.25) is 0 Å². The monoisotopic (exact) mass is 352 g/mol. The first-order valence-corrected chi connectivity index (χ1v) is 8.93. The van der Waals surface area contributed by atoms with E-state index in [9.17, 15) is 4.79 Å². The third-order valence-corrected chi connectivity index (χ3v) is 5.55. The molecular formula is C21H24N2O3. The molecule has 5 nitrogen and oxygen atoms in total. The third kappa shape index (κ3) is 2.59. The molecule has 0 aliphatic carbocycles. The van der Waals surface area contributed by atoms with Gasteiger partial charge in [-0.2, -0.15) is 0 Å². The SMILES string of the molecule is COC(=O)C1=CN(C)C[C@@H]2C(C)OC(c3cc4ccccc4n3C)=C[C@H]12. The van der Waals surface area contributed by atoms with Crippen LogP contribution < -0.4 is 0 Å². The zero-order valence-electron chi connectivity index (χ0n) is 15.6. The van der Waals surface area contributed by atoms with Crippen LogP contribution >= 0.6 is 0 Å². The molecular weight excluding hydrogens is 328 g/mol. The number of esters is 1. The molecule has 3 heterocycles. The van der Waals surface area contributed by atoms with E-state index in [4.69, 9.17) is 9.47 Å². The number of fused-ring (bicyclic) bond motifs is 2. The van der Waals surface area contributed by atoms with Crippen LogP contribution in [0.2, 0.25) is 0 Å². The minimum absolute atomic E-state index is 0.00425. The summed E-state index contributed by atoms with van der Waals surface area (Å²) in [6.45, 7) is 2.94. The van der Waals surface area contributed by atoms with Gasteiger partial charge in [0.05, 0.1) is 18.4 Å². The number of hydrogen-bond donors (Lipinski definition) is 0. The van der Waals surface area contributed by atoms with Crippen LogP contribution in [0, 0.1) is 11.8 Å². The van der Waals surface area contributed by atoms with E-state index in [0.717, 1.165) is 23.5 Å². The summed E-state index contributed by atoms with van der Waals surface area (Å²) in [5.41, 5.74) is 2.88. The van der Waals surface area contributed by atoms with E-state index < -0.39 is 0 Å². The number of allylic oxidation sites excluding steroid dienone is 1. The van der Waals surface area contributed by atoms with E-state index in [1.807, 2.05) is 37.3 Å². The molecule has 4 rings (SSSR count). The van der Waals surface area contributed by atoms with E-state index in [0.29, 0.717) is 5.57 Å². The van der Waals surface area contributed by atoms with Crippen LogP contribution in [0.5, 0.6) is 0 Å². The lowest BCUT2D eigenvalue weighted by Crippen LogP contribution is -2.43. The van der Waals surface area contributed by atoms with Gasteiger partial charge in [0.15, 0.2) is 0 Å². The summed E-state index contributed by atoms with van der Waals surface area (Å²) in [7, 11) is 5.46. The van der Waals surface area contributed by atoms with Gasteiger partial charge in [0.25, 0.3) is 0 Å². The minimum atomic E-state index is -0.270. The molecule has 2 aliphatic rings. The van der Waals surface area contributed by atoms with Crippen molar-refractivity contribution in [1.29, 1.82) is 0 Å². The maximum atomic E-state index is 12.3. The fourth-order valence-corrected chi connectivity index (χ4v) is 4.17. The number of aryl methyl sites for hydroxylation is 1. The Morgan fingerprint density at radius 3 is 2.77 bits per heavy atom. The Bertz CT molecular complexity index is 924. The molecule has 3 atom stereocenters. The highest BCUT2D eigenvalue weighted by atomic mass is 16.5. The van der Waals surface area contributed by atoms with Crippen molar-refractivity contribution in [3.63, 3.8) is 0 Å². The highest BCUT2D eigenvalue weighted by molar-refractivity contribution is 5.90. The smallest absolute Gasteiger partial charge is 0.335 e. The molecule has 136 valence electrons. The van der Waals surface area contributed by atoms with Crippen molar-refractivity contribution in [1.82, 2.24) is 9.47 Å². The fraction of sp³-hybridized carbons (Fsp3) is 0.381. The molecule has 2 aliphatic heterocycles. The predicted molar refractivity (Wildman–Crippen MR) is 101 cm³/mol. The molecule has 0 saturated carbocycles. The molecule has 0 amide bonds. The highest BCUT2D eigenvalue weighted by Crippen LogP contribution is 2.40. The molecule has 0 spiro atoms. The largest absolute Gasteiger partial charge is 0.488 e. The third-order valence-electron chi connectivity index (χ3n) is 5.55. The number of ether oxygens (including phenoxy) is 2. The van der Waals surface area contributed by atoms with Crippen LogP contribution in [0.4, 0.5) is 0 Å².